The number of carbonyl (C=O) groups is 3. The number of aliphatic carboxylic acids is 1. The molecular weight excluding hydrogens is 592 g/mol. The molecule has 2 amide bonds. The predicted molar refractivity (Wildman–Crippen MR) is 150 cm³/mol. The zero-order valence-corrected chi connectivity index (χ0v) is 24.0. The molecule has 5 rings (SSSR count). The van der Waals surface area contributed by atoms with E-state index < -0.39 is 29.8 Å². The van der Waals surface area contributed by atoms with Crippen LogP contribution in [0.15, 0.2) is 42.5 Å². The monoisotopic (exact) mass is 627 g/mol. The average Bonchev–Trinajstić information content (AvgIpc) is 3.36. The molecule has 3 aliphatic rings. The number of piperazine rings is 1. The third-order valence-electron chi connectivity index (χ3n) is 8.36. The van der Waals surface area contributed by atoms with Crippen molar-refractivity contribution in [1.29, 1.82) is 0 Å². The molecule has 7 nitrogen and oxygen atoms in total. The molecule has 2 saturated heterocycles. The van der Waals surface area contributed by atoms with Gasteiger partial charge < -0.3 is 20.2 Å². The van der Waals surface area contributed by atoms with E-state index >= 15 is 0 Å². The molecule has 3 fully saturated rings. The van der Waals surface area contributed by atoms with Crippen LogP contribution in [0.2, 0.25) is 0 Å². The molecule has 240 valence electrons. The topological polar surface area (TPSA) is 90.0 Å². The fourth-order valence-electron chi connectivity index (χ4n) is 6.03. The second kappa shape index (κ2) is 14.0. The van der Waals surface area contributed by atoms with E-state index in [2.05, 4.69) is 5.32 Å². The number of alkyl halides is 6. The largest absolute Gasteiger partial charge is 0.490 e. The number of halogens is 6. The van der Waals surface area contributed by atoms with Gasteiger partial charge in [-0.15, -0.1) is 0 Å². The summed E-state index contributed by atoms with van der Waals surface area (Å²) in [6, 6.07) is 11.4. The maximum atomic E-state index is 14.1. The number of hydrogen-bond acceptors (Lipinski definition) is 4. The van der Waals surface area contributed by atoms with Crippen molar-refractivity contribution in [2.24, 2.45) is 5.92 Å². The Labute approximate surface area is 251 Å². The normalized spacial score (nSPS) is 19.9. The number of nitrogens with one attached hydrogen (secondary N) is 1. The van der Waals surface area contributed by atoms with Crippen molar-refractivity contribution in [3.63, 3.8) is 0 Å². The number of likely N-dealkylation sites (tertiary alicyclic amines) is 1. The third kappa shape index (κ3) is 8.30. The maximum Gasteiger partial charge on any atom is 0.490 e. The van der Waals surface area contributed by atoms with Gasteiger partial charge in [-0.3, -0.25) is 9.59 Å². The molecule has 2 aliphatic heterocycles. The molecule has 2 N–H and O–H groups in total. The van der Waals surface area contributed by atoms with Crippen LogP contribution in [0, 0.1) is 5.92 Å². The standard InChI is InChI=1S/C29H34F3N3O2.C2HF3O2/c30-29(31,32)26-19-22(20-6-8-21(9-7-20)27(36)34-16-13-33-14-17-34)10-11-23(26)18-24-12-15-35(28(24)37)25-4-2-1-3-5-25;3-2(4,5)1(6)7/h6-11,19,24-25,33H,1-5,12-18H2;(H,6,7). The number of carboxylic acids is 1. The Balaban J connectivity index is 0.000000566. The molecule has 2 aromatic carbocycles. The summed E-state index contributed by atoms with van der Waals surface area (Å²) in [5.41, 5.74) is 1.08. The van der Waals surface area contributed by atoms with Crippen molar-refractivity contribution >= 4 is 17.8 Å². The first kappa shape index (κ1) is 33.3. The quantitative estimate of drug-likeness (QED) is 0.411. The lowest BCUT2D eigenvalue weighted by Crippen LogP contribution is -2.46. The lowest BCUT2D eigenvalue weighted by atomic mass is 9.91. The molecule has 13 heteroatoms. The van der Waals surface area contributed by atoms with Crippen LogP contribution in [0.4, 0.5) is 26.3 Å². The highest BCUT2D eigenvalue weighted by Gasteiger charge is 2.40. The van der Waals surface area contributed by atoms with Gasteiger partial charge in [-0.05, 0) is 60.6 Å². The van der Waals surface area contributed by atoms with Crippen LogP contribution < -0.4 is 5.32 Å². The van der Waals surface area contributed by atoms with E-state index in [1.807, 2.05) is 4.90 Å². The van der Waals surface area contributed by atoms with Gasteiger partial charge in [0.2, 0.25) is 5.91 Å². The number of hydrogen-bond donors (Lipinski definition) is 2. The molecular formula is C31H35F6N3O4. The van der Waals surface area contributed by atoms with Gasteiger partial charge in [0, 0.05) is 50.2 Å². The van der Waals surface area contributed by atoms with E-state index in [1.165, 1.54) is 18.6 Å². The first-order valence-corrected chi connectivity index (χ1v) is 14.7. The summed E-state index contributed by atoms with van der Waals surface area (Å²) >= 11 is 0. The maximum absolute atomic E-state index is 14.1. The van der Waals surface area contributed by atoms with Crippen molar-refractivity contribution in [2.45, 2.75) is 63.3 Å². The average molecular weight is 628 g/mol. The molecule has 0 radical (unpaired) electrons. The molecule has 1 unspecified atom stereocenters. The van der Waals surface area contributed by atoms with Gasteiger partial charge in [0.1, 0.15) is 0 Å². The second-order valence-electron chi connectivity index (χ2n) is 11.3. The Morgan fingerprint density at radius 3 is 2.00 bits per heavy atom. The van der Waals surface area contributed by atoms with E-state index in [4.69, 9.17) is 9.90 Å². The summed E-state index contributed by atoms with van der Waals surface area (Å²) in [4.78, 5) is 38.4. The van der Waals surface area contributed by atoms with Gasteiger partial charge in [-0.2, -0.15) is 26.3 Å². The van der Waals surface area contributed by atoms with E-state index in [-0.39, 0.29) is 29.8 Å². The van der Waals surface area contributed by atoms with Crippen LogP contribution in [0.3, 0.4) is 0 Å². The van der Waals surface area contributed by atoms with Gasteiger partial charge in [0.25, 0.3) is 5.91 Å². The third-order valence-corrected chi connectivity index (χ3v) is 8.36. The molecule has 2 aromatic rings. The highest BCUT2D eigenvalue weighted by molar-refractivity contribution is 5.94. The molecule has 0 aromatic heterocycles. The van der Waals surface area contributed by atoms with Crippen LogP contribution in [0.25, 0.3) is 11.1 Å². The fraction of sp³-hybridized carbons (Fsp3) is 0.516. The highest BCUT2D eigenvalue weighted by atomic mass is 19.4. The van der Waals surface area contributed by atoms with Crippen molar-refractivity contribution < 1.29 is 45.8 Å². The van der Waals surface area contributed by atoms with E-state index in [1.54, 1.807) is 35.2 Å². The first-order chi connectivity index (χ1) is 20.8. The minimum atomic E-state index is -5.08. The Hall–Kier alpha value is -3.61. The van der Waals surface area contributed by atoms with Crippen molar-refractivity contribution in [1.82, 2.24) is 15.1 Å². The summed E-state index contributed by atoms with van der Waals surface area (Å²) in [6.07, 6.45) is -3.46. The first-order valence-electron chi connectivity index (χ1n) is 14.7. The summed E-state index contributed by atoms with van der Waals surface area (Å²) in [7, 11) is 0. The lowest BCUT2D eigenvalue weighted by molar-refractivity contribution is -0.192. The fourth-order valence-corrected chi connectivity index (χ4v) is 6.03. The predicted octanol–water partition coefficient (Wildman–Crippen LogP) is 5.77. The van der Waals surface area contributed by atoms with Crippen LogP contribution in [0.5, 0.6) is 0 Å². The van der Waals surface area contributed by atoms with Crippen molar-refractivity contribution in [3.8, 4) is 11.1 Å². The molecule has 1 aliphatic carbocycles. The Morgan fingerprint density at radius 1 is 0.841 bits per heavy atom. The Kier molecular flexibility index (Phi) is 10.6. The summed E-state index contributed by atoms with van der Waals surface area (Å²) in [5, 5.41) is 10.3. The van der Waals surface area contributed by atoms with Crippen molar-refractivity contribution in [3.05, 3.63) is 59.2 Å². The zero-order valence-electron chi connectivity index (χ0n) is 24.0. The molecule has 1 saturated carbocycles. The number of carbonyl (C=O) groups excluding carboxylic acids is 2. The van der Waals surface area contributed by atoms with Crippen LogP contribution in [0.1, 0.15) is 60.0 Å². The minimum absolute atomic E-state index is 0.00819. The van der Waals surface area contributed by atoms with E-state index in [9.17, 15) is 35.9 Å². The molecule has 2 heterocycles. The van der Waals surface area contributed by atoms with E-state index in [0.717, 1.165) is 38.8 Å². The minimum Gasteiger partial charge on any atom is -0.475 e. The van der Waals surface area contributed by atoms with E-state index in [0.29, 0.717) is 42.7 Å². The van der Waals surface area contributed by atoms with Gasteiger partial charge in [0.05, 0.1) is 5.56 Å². The Bertz CT molecular complexity index is 1320. The number of rotatable bonds is 5. The molecule has 44 heavy (non-hydrogen) atoms. The van der Waals surface area contributed by atoms with Crippen LogP contribution in [-0.4, -0.2) is 77.6 Å². The summed E-state index contributed by atoms with van der Waals surface area (Å²) in [5.74, 6) is -3.21. The highest BCUT2D eigenvalue weighted by Crippen LogP contribution is 2.38. The SMILES string of the molecule is O=C(O)C(F)(F)F.O=C(c1ccc(-c2ccc(CC3CCN(C4CCCCC4)C3=O)c(C(F)(F)F)c2)cc1)N1CCNCC1. The van der Waals surface area contributed by atoms with Gasteiger partial charge >= 0.3 is 18.3 Å². The summed E-state index contributed by atoms with van der Waals surface area (Å²) < 4.78 is 74.1. The number of nitrogens with zero attached hydrogens (tertiary/aromatic N) is 2. The summed E-state index contributed by atoms with van der Waals surface area (Å²) in [6.45, 7) is 3.42. The lowest BCUT2D eigenvalue weighted by Gasteiger charge is -2.31. The van der Waals surface area contributed by atoms with Crippen LogP contribution >= 0.6 is 0 Å². The number of carboxylic acid groups (broad SMARTS) is 1. The Morgan fingerprint density at radius 2 is 1.43 bits per heavy atom. The van der Waals surface area contributed by atoms with Gasteiger partial charge in [-0.1, -0.05) is 43.5 Å². The van der Waals surface area contributed by atoms with Crippen molar-refractivity contribution in [2.75, 3.05) is 32.7 Å². The van der Waals surface area contributed by atoms with Gasteiger partial charge in [0.15, 0.2) is 0 Å². The van der Waals surface area contributed by atoms with Crippen LogP contribution in [-0.2, 0) is 22.2 Å². The molecule has 1 atom stereocenters. The number of benzene rings is 2. The molecule has 0 bridgehead atoms. The zero-order chi connectivity index (χ0) is 32.1. The second-order valence-corrected chi connectivity index (χ2v) is 11.3. The smallest absolute Gasteiger partial charge is 0.475 e. The van der Waals surface area contributed by atoms with Gasteiger partial charge in [-0.25, -0.2) is 4.79 Å². The molecule has 0 spiro atoms. The number of amides is 2.